The number of carbonyl (C=O) groups excluding carboxylic acids is 1. The van der Waals surface area contributed by atoms with E-state index >= 15 is 0 Å². The first-order valence-electron chi connectivity index (χ1n) is 6.11. The number of amides is 2. The van der Waals surface area contributed by atoms with Gasteiger partial charge in [-0.25, -0.2) is 4.79 Å². The molecule has 108 valence electrons. The summed E-state index contributed by atoms with van der Waals surface area (Å²) in [6.45, 7) is 0.631. The fraction of sp³-hybridized carbons (Fsp3) is 0.417. The Kier molecular flexibility index (Phi) is 4.36. The van der Waals surface area contributed by atoms with Crippen molar-refractivity contribution in [3.05, 3.63) is 28.3 Å². The third kappa shape index (κ3) is 3.35. The molecular formula is C12H15N3O5. The lowest BCUT2D eigenvalue weighted by Crippen LogP contribution is -2.37. The quantitative estimate of drug-likeness (QED) is 0.647. The zero-order chi connectivity index (χ0) is 14.5. The lowest BCUT2D eigenvalue weighted by molar-refractivity contribution is -0.384. The maximum atomic E-state index is 11.8. The second-order valence-corrected chi connectivity index (χ2v) is 4.24. The molecule has 1 aliphatic heterocycles. The number of methoxy groups -OCH3 is 1. The second-order valence-electron chi connectivity index (χ2n) is 4.24. The van der Waals surface area contributed by atoms with Crippen LogP contribution in [0, 0.1) is 10.1 Å². The first-order valence-corrected chi connectivity index (χ1v) is 6.11. The molecule has 1 fully saturated rings. The smallest absolute Gasteiger partial charge is 0.321 e. The van der Waals surface area contributed by atoms with E-state index in [9.17, 15) is 14.9 Å². The number of carbonyl (C=O) groups is 1. The van der Waals surface area contributed by atoms with Gasteiger partial charge in [-0.15, -0.1) is 0 Å². The molecule has 0 saturated carbocycles. The van der Waals surface area contributed by atoms with Crippen molar-refractivity contribution in [1.29, 1.82) is 0 Å². The standard InChI is InChI=1S/C12H15N3O5/c1-19-10-7-8(15(17)18)4-5-9(10)13-12(16)14-11-3-2-6-20-11/h4-5,7,11H,2-3,6H2,1H3,(H2,13,14,16). The van der Waals surface area contributed by atoms with E-state index in [4.69, 9.17) is 9.47 Å². The summed E-state index contributed by atoms with van der Waals surface area (Å²) < 4.78 is 10.3. The largest absolute Gasteiger partial charge is 0.494 e. The lowest BCUT2D eigenvalue weighted by Gasteiger charge is -2.14. The first-order chi connectivity index (χ1) is 9.60. The fourth-order valence-electron chi connectivity index (χ4n) is 1.89. The van der Waals surface area contributed by atoms with Crippen LogP contribution in [-0.2, 0) is 4.74 Å². The Labute approximate surface area is 115 Å². The van der Waals surface area contributed by atoms with Crippen LogP contribution in [0.2, 0.25) is 0 Å². The van der Waals surface area contributed by atoms with Gasteiger partial charge in [0.25, 0.3) is 5.69 Å². The summed E-state index contributed by atoms with van der Waals surface area (Å²) in [4.78, 5) is 21.9. The molecule has 1 saturated heterocycles. The van der Waals surface area contributed by atoms with Crippen molar-refractivity contribution in [3.8, 4) is 5.75 Å². The van der Waals surface area contributed by atoms with E-state index in [1.54, 1.807) is 0 Å². The highest BCUT2D eigenvalue weighted by Crippen LogP contribution is 2.28. The number of ether oxygens (including phenoxy) is 2. The van der Waals surface area contributed by atoms with E-state index in [1.165, 1.54) is 25.3 Å². The Morgan fingerprint density at radius 1 is 1.55 bits per heavy atom. The van der Waals surface area contributed by atoms with Crippen LogP contribution in [0.25, 0.3) is 0 Å². The van der Waals surface area contributed by atoms with Gasteiger partial charge >= 0.3 is 6.03 Å². The Morgan fingerprint density at radius 3 is 2.95 bits per heavy atom. The lowest BCUT2D eigenvalue weighted by atomic mass is 10.2. The third-order valence-corrected chi connectivity index (χ3v) is 2.87. The van der Waals surface area contributed by atoms with Crippen LogP contribution in [0.15, 0.2) is 18.2 Å². The van der Waals surface area contributed by atoms with Gasteiger partial charge in [0, 0.05) is 12.7 Å². The zero-order valence-corrected chi connectivity index (χ0v) is 10.9. The molecule has 0 bridgehead atoms. The SMILES string of the molecule is COc1cc([N+](=O)[O-])ccc1NC(=O)NC1CCCO1. The summed E-state index contributed by atoms with van der Waals surface area (Å²) in [6.07, 6.45) is 1.38. The highest BCUT2D eigenvalue weighted by Gasteiger charge is 2.19. The molecule has 8 nitrogen and oxygen atoms in total. The summed E-state index contributed by atoms with van der Waals surface area (Å²) >= 11 is 0. The molecule has 0 aliphatic carbocycles. The van der Waals surface area contributed by atoms with Crippen LogP contribution in [0.5, 0.6) is 5.75 Å². The van der Waals surface area contributed by atoms with E-state index in [0.29, 0.717) is 12.3 Å². The third-order valence-electron chi connectivity index (χ3n) is 2.87. The van der Waals surface area contributed by atoms with E-state index in [0.717, 1.165) is 12.8 Å². The minimum absolute atomic E-state index is 0.105. The van der Waals surface area contributed by atoms with E-state index in [-0.39, 0.29) is 17.7 Å². The minimum Gasteiger partial charge on any atom is -0.494 e. The molecule has 1 aromatic carbocycles. The average Bonchev–Trinajstić information content (AvgIpc) is 2.91. The van der Waals surface area contributed by atoms with Gasteiger partial charge in [-0.1, -0.05) is 0 Å². The Morgan fingerprint density at radius 2 is 2.35 bits per heavy atom. The number of urea groups is 1. The molecule has 20 heavy (non-hydrogen) atoms. The second kappa shape index (κ2) is 6.20. The fourth-order valence-corrected chi connectivity index (χ4v) is 1.89. The monoisotopic (exact) mass is 281 g/mol. The number of hydrogen-bond donors (Lipinski definition) is 2. The van der Waals surface area contributed by atoms with Gasteiger partial charge in [-0.05, 0) is 18.9 Å². The highest BCUT2D eigenvalue weighted by molar-refractivity contribution is 5.91. The van der Waals surface area contributed by atoms with Gasteiger partial charge in [0.15, 0.2) is 0 Å². The molecule has 2 rings (SSSR count). The maximum absolute atomic E-state index is 11.8. The number of anilines is 1. The molecule has 1 heterocycles. The normalized spacial score (nSPS) is 17.6. The molecule has 1 unspecified atom stereocenters. The number of nitrogens with one attached hydrogen (secondary N) is 2. The van der Waals surface area contributed by atoms with Gasteiger partial charge in [0.1, 0.15) is 12.0 Å². The van der Waals surface area contributed by atoms with Crippen molar-refractivity contribution in [2.75, 3.05) is 19.0 Å². The number of nitrogens with zero attached hydrogens (tertiary/aromatic N) is 1. The summed E-state index contributed by atoms with van der Waals surface area (Å²) in [6, 6.07) is 3.53. The summed E-state index contributed by atoms with van der Waals surface area (Å²) in [5.41, 5.74) is 0.250. The topological polar surface area (TPSA) is 103 Å². The zero-order valence-electron chi connectivity index (χ0n) is 10.9. The molecule has 2 N–H and O–H groups in total. The molecule has 0 radical (unpaired) electrons. The molecular weight excluding hydrogens is 266 g/mol. The number of benzene rings is 1. The van der Waals surface area contributed by atoms with E-state index in [1.807, 2.05) is 0 Å². The van der Waals surface area contributed by atoms with Crippen LogP contribution in [0.4, 0.5) is 16.2 Å². The van der Waals surface area contributed by atoms with Crippen molar-refractivity contribution in [2.45, 2.75) is 19.1 Å². The van der Waals surface area contributed by atoms with Gasteiger partial charge in [0.05, 0.1) is 23.8 Å². The molecule has 0 spiro atoms. The number of nitro benzene ring substituents is 1. The van der Waals surface area contributed by atoms with Crippen LogP contribution < -0.4 is 15.4 Å². The molecule has 0 aromatic heterocycles. The predicted octanol–water partition coefficient (Wildman–Crippen LogP) is 1.86. The van der Waals surface area contributed by atoms with Gasteiger partial charge in [0.2, 0.25) is 0 Å². The Balaban J connectivity index is 2.04. The van der Waals surface area contributed by atoms with Crippen molar-refractivity contribution in [3.63, 3.8) is 0 Å². The van der Waals surface area contributed by atoms with Crippen LogP contribution >= 0.6 is 0 Å². The predicted molar refractivity (Wildman–Crippen MR) is 70.8 cm³/mol. The molecule has 1 aliphatic rings. The van der Waals surface area contributed by atoms with Gasteiger partial charge in [-0.3, -0.25) is 10.1 Å². The van der Waals surface area contributed by atoms with E-state index < -0.39 is 11.0 Å². The van der Waals surface area contributed by atoms with Crippen LogP contribution in [-0.4, -0.2) is 30.9 Å². The number of nitro groups is 1. The van der Waals surface area contributed by atoms with Crippen LogP contribution in [0.3, 0.4) is 0 Å². The molecule has 8 heteroatoms. The van der Waals surface area contributed by atoms with Crippen LogP contribution in [0.1, 0.15) is 12.8 Å². The summed E-state index contributed by atoms with van der Waals surface area (Å²) in [7, 11) is 1.38. The molecule has 2 amide bonds. The first kappa shape index (κ1) is 14.1. The van der Waals surface area contributed by atoms with Crippen molar-refractivity contribution >= 4 is 17.4 Å². The van der Waals surface area contributed by atoms with E-state index in [2.05, 4.69) is 10.6 Å². The molecule has 1 atom stereocenters. The molecule has 1 aromatic rings. The summed E-state index contributed by atoms with van der Waals surface area (Å²) in [5.74, 6) is 0.224. The number of rotatable bonds is 4. The Bertz CT molecular complexity index is 514. The number of hydrogen-bond acceptors (Lipinski definition) is 5. The van der Waals surface area contributed by atoms with Crippen molar-refractivity contribution in [2.24, 2.45) is 0 Å². The minimum atomic E-state index is -0.529. The maximum Gasteiger partial charge on any atom is 0.321 e. The number of non-ortho nitro benzene ring substituents is 1. The average molecular weight is 281 g/mol. The highest BCUT2D eigenvalue weighted by atomic mass is 16.6. The van der Waals surface area contributed by atoms with Gasteiger partial charge < -0.3 is 20.1 Å². The van der Waals surface area contributed by atoms with Crippen molar-refractivity contribution in [1.82, 2.24) is 5.32 Å². The Hall–Kier alpha value is -2.35. The van der Waals surface area contributed by atoms with Gasteiger partial charge in [-0.2, -0.15) is 0 Å². The van der Waals surface area contributed by atoms with Crippen molar-refractivity contribution < 1.29 is 19.2 Å². The summed E-state index contributed by atoms with van der Waals surface area (Å²) in [5, 5.41) is 15.9.